The van der Waals surface area contributed by atoms with E-state index in [4.69, 9.17) is 9.84 Å². The van der Waals surface area contributed by atoms with Gasteiger partial charge in [-0.2, -0.15) is 0 Å². The number of amides is 2. The smallest absolute Gasteiger partial charge is 0.322 e. The summed E-state index contributed by atoms with van der Waals surface area (Å²) in [6.07, 6.45) is 1.73. The Bertz CT molecular complexity index is 419. The van der Waals surface area contributed by atoms with Crippen molar-refractivity contribution < 1.29 is 14.6 Å². The quantitative estimate of drug-likeness (QED) is 0.807. The Morgan fingerprint density at radius 3 is 2.65 bits per heavy atom. The predicted molar refractivity (Wildman–Crippen MR) is 80.2 cm³/mol. The lowest BCUT2D eigenvalue weighted by molar-refractivity contribution is 0.158. The molecule has 5 heteroatoms. The maximum atomic E-state index is 12.3. The number of methoxy groups -OCH3 is 1. The van der Waals surface area contributed by atoms with Crippen LogP contribution in [0.15, 0.2) is 24.3 Å². The zero-order valence-corrected chi connectivity index (χ0v) is 12.4. The van der Waals surface area contributed by atoms with Crippen molar-refractivity contribution in [3.8, 4) is 5.75 Å². The van der Waals surface area contributed by atoms with Gasteiger partial charge in [-0.05, 0) is 25.0 Å². The van der Waals surface area contributed by atoms with Gasteiger partial charge in [0, 0.05) is 24.3 Å². The van der Waals surface area contributed by atoms with E-state index in [0.717, 1.165) is 12.8 Å². The Hall–Kier alpha value is -1.75. The molecule has 0 aliphatic rings. The second-order valence-electron chi connectivity index (χ2n) is 4.55. The standard InChI is InChI=1S/C15H24N2O3/c1-4-13(5-2)17(9-10-18)15(19)16-12-7-6-8-14(11-12)20-3/h6-8,11,13,18H,4-5,9-10H2,1-3H3,(H,16,19). The van der Waals surface area contributed by atoms with E-state index >= 15 is 0 Å². The lowest BCUT2D eigenvalue weighted by Crippen LogP contribution is -2.44. The number of aliphatic hydroxyl groups is 1. The number of urea groups is 1. The molecule has 0 saturated heterocycles. The lowest BCUT2D eigenvalue weighted by Gasteiger charge is -2.30. The van der Waals surface area contributed by atoms with Crippen LogP contribution in [0.25, 0.3) is 0 Å². The van der Waals surface area contributed by atoms with Crippen LogP contribution in [0.2, 0.25) is 0 Å². The molecule has 20 heavy (non-hydrogen) atoms. The van der Waals surface area contributed by atoms with Crippen LogP contribution in [-0.2, 0) is 0 Å². The molecule has 0 heterocycles. The maximum Gasteiger partial charge on any atom is 0.322 e. The number of hydrogen-bond donors (Lipinski definition) is 2. The predicted octanol–water partition coefficient (Wildman–Crippen LogP) is 2.71. The van der Waals surface area contributed by atoms with Crippen LogP contribution in [-0.4, -0.2) is 42.3 Å². The van der Waals surface area contributed by atoms with Crippen molar-refractivity contribution in [2.75, 3.05) is 25.6 Å². The van der Waals surface area contributed by atoms with Crippen LogP contribution in [0.5, 0.6) is 5.75 Å². The number of aliphatic hydroxyl groups excluding tert-OH is 1. The van der Waals surface area contributed by atoms with Gasteiger partial charge in [-0.25, -0.2) is 4.79 Å². The summed E-state index contributed by atoms with van der Waals surface area (Å²) >= 11 is 0. The monoisotopic (exact) mass is 280 g/mol. The Kier molecular flexibility index (Phi) is 6.87. The minimum Gasteiger partial charge on any atom is -0.497 e. The summed E-state index contributed by atoms with van der Waals surface area (Å²) in [5.74, 6) is 0.694. The molecule has 2 amide bonds. The average Bonchev–Trinajstić information content (AvgIpc) is 2.47. The molecular weight excluding hydrogens is 256 g/mol. The molecule has 1 rings (SSSR count). The van der Waals surface area contributed by atoms with E-state index in [9.17, 15) is 4.79 Å². The SMILES string of the molecule is CCC(CC)N(CCO)C(=O)Nc1cccc(OC)c1. The third-order valence-electron chi connectivity index (χ3n) is 3.31. The van der Waals surface area contributed by atoms with Gasteiger partial charge in [-0.1, -0.05) is 19.9 Å². The van der Waals surface area contributed by atoms with Crippen LogP contribution in [0.1, 0.15) is 26.7 Å². The van der Waals surface area contributed by atoms with Crippen LogP contribution in [0.4, 0.5) is 10.5 Å². The first kappa shape index (κ1) is 16.3. The number of rotatable bonds is 7. The summed E-state index contributed by atoms with van der Waals surface area (Å²) in [6, 6.07) is 7.16. The summed E-state index contributed by atoms with van der Waals surface area (Å²) in [4.78, 5) is 14.0. The Labute approximate surface area is 120 Å². The van der Waals surface area contributed by atoms with Crippen molar-refractivity contribution in [3.63, 3.8) is 0 Å². The first-order chi connectivity index (χ1) is 9.65. The number of nitrogens with zero attached hydrogens (tertiary/aromatic N) is 1. The molecular formula is C15H24N2O3. The van der Waals surface area contributed by atoms with E-state index in [1.54, 1.807) is 18.1 Å². The van der Waals surface area contributed by atoms with Gasteiger partial charge in [-0.3, -0.25) is 0 Å². The van der Waals surface area contributed by atoms with E-state index in [2.05, 4.69) is 5.32 Å². The largest absolute Gasteiger partial charge is 0.497 e. The normalized spacial score (nSPS) is 10.4. The third kappa shape index (κ3) is 4.42. The minimum absolute atomic E-state index is 0.0397. The van der Waals surface area contributed by atoms with E-state index in [1.165, 1.54) is 0 Å². The lowest BCUT2D eigenvalue weighted by atomic mass is 10.1. The van der Waals surface area contributed by atoms with Crippen molar-refractivity contribution in [2.24, 2.45) is 0 Å². The van der Waals surface area contributed by atoms with Crippen molar-refractivity contribution in [2.45, 2.75) is 32.7 Å². The van der Waals surface area contributed by atoms with Gasteiger partial charge in [-0.15, -0.1) is 0 Å². The van der Waals surface area contributed by atoms with Gasteiger partial charge >= 0.3 is 6.03 Å². The number of anilines is 1. The summed E-state index contributed by atoms with van der Waals surface area (Å²) in [7, 11) is 1.59. The fraction of sp³-hybridized carbons (Fsp3) is 0.533. The molecule has 5 nitrogen and oxygen atoms in total. The first-order valence-electron chi connectivity index (χ1n) is 6.98. The van der Waals surface area contributed by atoms with Gasteiger partial charge in [0.15, 0.2) is 0 Å². The number of hydrogen-bond acceptors (Lipinski definition) is 3. The van der Waals surface area contributed by atoms with E-state index in [1.807, 2.05) is 32.0 Å². The molecule has 0 aliphatic carbocycles. The van der Waals surface area contributed by atoms with Gasteiger partial charge in [0.05, 0.1) is 13.7 Å². The summed E-state index contributed by atoms with van der Waals surface area (Å²) in [5.41, 5.74) is 0.684. The number of ether oxygens (including phenoxy) is 1. The molecule has 0 atom stereocenters. The number of nitrogens with one attached hydrogen (secondary N) is 1. The van der Waals surface area contributed by atoms with E-state index in [-0.39, 0.29) is 18.7 Å². The molecule has 2 N–H and O–H groups in total. The molecule has 0 bridgehead atoms. The molecule has 112 valence electrons. The van der Waals surface area contributed by atoms with Crippen molar-refractivity contribution in [1.82, 2.24) is 4.90 Å². The number of carbonyl (C=O) groups excluding carboxylic acids is 1. The van der Waals surface area contributed by atoms with Crippen LogP contribution < -0.4 is 10.1 Å². The third-order valence-corrected chi connectivity index (χ3v) is 3.31. The minimum atomic E-state index is -0.194. The second-order valence-corrected chi connectivity index (χ2v) is 4.55. The maximum absolute atomic E-state index is 12.3. The van der Waals surface area contributed by atoms with Gasteiger partial charge < -0.3 is 20.1 Å². The molecule has 0 unspecified atom stereocenters. The van der Waals surface area contributed by atoms with E-state index < -0.39 is 0 Å². The summed E-state index contributed by atoms with van der Waals surface area (Å²) in [6.45, 7) is 4.37. The Balaban J connectivity index is 2.79. The summed E-state index contributed by atoms with van der Waals surface area (Å²) < 4.78 is 5.13. The van der Waals surface area contributed by atoms with Gasteiger partial charge in [0.1, 0.15) is 5.75 Å². The highest BCUT2D eigenvalue weighted by Crippen LogP contribution is 2.18. The molecule has 0 spiro atoms. The molecule has 1 aromatic rings. The zero-order chi connectivity index (χ0) is 15.0. The highest BCUT2D eigenvalue weighted by atomic mass is 16.5. The fourth-order valence-electron chi connectivity index (χ4n) is 2.18. The molecule has 1 aromatic carbocycles. The topological polar surface area (TPSA) is 61.8 Å². The molecule has 0 radical (unpaired) electrons. The molecule has 0 fully saturated rings. The molecule has 0 saturated carbocycles. The Morgan fingerprint density at radius 1 is 1.40 bits per heavy atom. The van der Waals surface area contributed by atoms with Crippen molar-refractivity contribution in [3.05, 3.63) is 24.3 Å². The fourth-order valence-corrected chi connectivity index (χ4v) is 2.18. The van der Waals surface area contributed by atoms with Crippen molar-refractivity contribution >= 4 is 11.7 Å². The van der Waals surface area contributed by atoms with Gasteiger partial charge in [0.2, 0.25) is 0 Å². The van der Waals surface area contributed by atoms with E-state index in [0.29, 0.717) is 18.0 Å². The van der Waals surface area contributed by atoms with Crippen molar-refractivity contribution in [1.29, 1.82) is 0 Å². The summed E-state index contributed by atoms with van der Waals surface area (Å²) in [5, 5.41) is 12.0. The Morgan fingerprint density at radius 2 is 2.10 bits per heavy atom. The first-order valence-corrected chi connectivity index (χ1v) is 6.98. The van der Waals surface area contributed by atoms with Gasteiger partial charge in [0.25, 0.3) is 0 Å². The highest BCUT2D eigenvalue weighted by Gasteiger charge is 2.20. The van der Waals surface area contributed by atoms with Crippen LogP contribution in [0.3, 0.4) is 0 Å². The molecule has 0 aromatic heterocycles. The number of carbonyl (C=O) groups is 1. The van der Waals surface area contributed by atoms with Crippen LogP contribution in [0, 0.1) is 0 Å². The number of benzene rings is 1. The second kappa shape index (κ2) is 8.43. The average molecular weight is 280 g/mol. The van der Waals surface area contributed by atoms with Crippen LogP contribution >= 0.6 is 0 Å². The highest BCUT2D eigenvalue weighted by molar-refractivity contribution is 5.89. The molecule has 0 aliphatic heterocycles. The zero-order valence-electron chi connectivity index (χ0n) is 12.4.